The highest BCUT2D eigenvalue weighted by Crippen LogP contribution is 2.21. The Morgan fingerprint density at radius 3 is 2.67 bits per heavy atom. The second-order valence-corrected chi connectivity index (χ2v) is 6.38. The molecule has 0 spiro atoms. The van der Waals surface area contributed by atoms with E-state index in [-0.39, 0.29) is 23.4 Å². The van der Waals surface area contributed by atoms with Gasteiger partial charge in [0.2, 0.25) is 5.91 Å². The van der Waals surface area contributed by atoms with Crippen LogP contribution >= 0.6 is 0 Å². The van der Waals surface area contributed by atoms with E-state index in [1.54, 1.807) is 29.2 Å². The van der Waals surface area contributed by atoms with Crippen molar-refractivity contribution in [3.05, 3.63) is 29.8 Å². The lowest BCUT2D eigenvalue weighted by molar-refractivity contribution is -0.159. The molecular formula is C16H24N2O3. The normalized spacial score (nSPS) is 22.9. The van der Waals surface area contributed by atoms with Crippen molar-refractivity contribution in [3.63, 3.8) is 0 Å². The predicted molar refractivity (Wildman–Crippen MR) is 81.0 cm³/mol. The zero-order valence-corrected chi connectivity index (χ0v) is 12.9. The second-order valence-electron chi connectivity index (χ2n) is 6.38. The average molecular weight is 292 g/mol. The number of phenolic OH excluding ortho intramolecular Hbond substituents is 1. The highest BCUT2D eigenvalue weighted by atomic mass is 16.5. The Balaban J connectivity index is 2.00. The highest BCUT2D eigenvalue weighted by molar-refractivity contribution is 5.82. The summed E-state index contributed by atoms with van der Waals surface area (Å²) in [4.78, 5) is 14.3. The van der Waals surface area contributed by atoms with Gasteiger partial charge in [-0.2, -0.15) is 0 Å². The van der Waals surface area contributed by atoms with Gasteiger partial charge in [0.25, 0.3) is 0 Å². The highest BCUT2D eigenvalue weighted by Gasteiger charge is 2.35. The summed E-state index contributed by atoms with van der Waals surface area (Å²) < 4.78 is 5.80. The summed E-state index contributed by atoms with van der Waals surface area (Å²) in [7, 11) is 0. The van der Waals surface area contributed by atoms with Gasteiger partial charge in [-0.05, 0) is 44.9 Å². The Labute approximate surface area is 125 Å². The van der Waals surface area contributed by atoms with E-state index in [2.05, 4.69) is 0 Å². The molecule has 1 amide bonds. The number of ether oxygens (including phenoxy) is 1. The van der Waals surface area contributed by atoms with Crippen molar-refractivity contribution < 1.29 is 14.6 Å². The topological polar surface area (TPSA) is 75.8 Å². The molecule has 3 N–H and O–H groups in total. The Bertz CT molecular complexity index is 499. The van der Waals surface area contributed by atoms with Crippen LogP contribution in [0.5, 0.6) is 5.75 Å². The van der Waals surface area contributed by atoms with Crippen LogP contribution in [0.25, 0.3) is 0 Å². The number of benzene rings is 1. The molecule has 1 fully saturated rings. The smallest absolute Gasteiger partial charge is 0.240 e. The monoisotopic (exact) mass is 292 g/mol. The van der Waals surface area contributed by atoms with Crippen LogP contribution in [0.2, 0.25) is 0 Å². The summed E-state index contributed by atoms with van der Waals surface area (Å²) >= 11 is 0. The second kappa shape index (κ2) is 6.03. The van der Waals surface area contributed by atoms with Crippen LogP contribution in [0.15, 0.2) is 24.3 Å². The van der Waals surface area contributed by atoms with E-state index in [0.717, 1.165) is 5.56 Å². The number of rotatable bonds is 3. The summed E-state index contributed by atoms with van der Waals surface area (Å²) in [5, 5.41) is 9.27. The number of amides is 1. The number of carbonyl (C=O) groups is 1. The van der Waals surface area contributed by atoms with Crippen LogP contribution in [-0.4, -0.2) is 46.7 Å². The van der Waals surface area contributed by atoms with Gasteiger partial charge in [-0.25, -0.2) is 0 Å². The van der Waals surface area contributed by atoms with Crippen LogP contribution in [0.4, 0.5) is 0 Å². The largest absolute Gasteiger partial charge is 0.508 e. The maximum Gasteiger partial charge on any atom is 0.240 e. The summed E-state index contributed by atoms with van der Waals surface area (Å²) in [5.74, 6) is 0.161. The van der Waals surface area contributed by atoms with E-state index in [4.69, 9.17) is 10.5 Å². The fourth-order valence-corrected chi connectivity index (χ4v) is 2.83. The zero-order valence-electron chi connectivity index (χ0n) is 12.9. The zero-order chi connectivity index (χ0) is 15.6. The Kier molecular flexibility index (Phi) is 4.54. The quantitative estimate of drug-likeness (QED) is 0.880. The third kappa shape index (κ3) is 4.19. The fraction of sp³-hybridized carbons (Fsp3) is 0.562. The molecule has 2 rings (SSSR count). The average Bonchev–Trinajstić information content (AvgIpc) is 2.38. The number of morpholine rings is 1. The van der Waals surface area contributed by atoms with Crippen molar-refractivity contribution >= 4 is 5.91 Å². The van der Waals surface area contributed by atoms with Crippen molar-refractivity contribution in [2.45, 2.75) is 44.9 Å². The van der Waals surface area contributed by atoms with Gasteiger partial charge in [0.05, 0.1) is 17.7 Å². The number of hydrogen-bond acceptors (Lipinski definition) is 4. The lowest BCUT2D eigenvalue weighted by Gasteiger charge is -2.42. The van der Waals surface area contributed by atoms with E-state index in [0.29, 0.717) is 19.5 Å². The van der Waals surface area contributed by atoms with E-state index in [1.165, 1.54) is 0 Å². The van der Waals surface area contributed by atoms with Crippen LogP contribution in [0.1, 0.15) is 26.3 Å². The summed E-state index contributed by atoms with van der Waals surface area (Å²) in [6.07, 6.45) is 0.476. The number of nitrogens with two attached hydrogens (primary N) is 1. The van der Waals surface area contributed by atoms with E-state index in [1.807, 2.05) is 20.8 Å². The molecule has 1 aliphatic rings. The molecule has 5 heteroatoms. The van der Waals surface area contributed by atoms with Gasteiger partial charge in [-0.3, -0.25) is 4.79 Å². The number of nitrogens with zero attached hydrogens (tertiary/aromatic N) is 1. The maximum absolute atomic E-state index is 12.5. The SMILES string of the molecule is CC1CN(C(=O)C(N)Cc2ccc(O)cc2)CC(C)(C)O1. The predicted octanol–water partition coefficient (Wildman–Crippen LogP) is 1.29. The molecule has 0 bridgehead atoms. The molecule has 0 aliphatic carbocycles. The Morgan fingerprint density at radius 2 is 2.10 bits per heavy atom. The summed E-state index contributed by atoms with van der Waals surface area (Å²) in [5.41, 5.74) is 6.66. The van der Waals surface area contributed by atoms with E-state index in [9.17, 15) is 9.90 Å². The molecule has 1 aromatic rings. The lowest BCUT2D eigenvalue weighted by Crippen LogP contribution is -2.57. The van der Waals surface area contributed by atoms with Crippen molar-refractivity contribution in [2.24, 2.45) is 5.73 Å². The summed E-state index contributed by atoms with van der Waals surface area (Å²) in [6.45, 7) is 7.06. The van der Waals surface area contributed by atoms with Crippen molar-refractivity contribution in [1.29, 1.82) is 0 Å². The van der Waals surface area contributed by atoms with E-state index < -0.39 is 6.04 Å². The van der Waals surface area contributed by atoms with Crippen LogP contribution in [-0.2, 0) is 16.0 Å². The molecule has 0 aromatic heterocycles. The van der Waals surface area contributed by atoms with Gasteiger partial charge in [0, 0.05) is 13.1 Å². The minimum absolute atomic E-state index is 0.0126. The molecular weight excluding hydrogens is 268 g/mol. The third-order valence-electron chi connectivity index (χ3n) is 3.59. The fourth-order valence-electron chi connectivity index (χ4n) is 2.83. The maximum atomic E-state index is 12.5. The first kappa shape index (κ1) is 15.8. The Morgan fingerprint density at radius 1 is 1.48 bits per heavy atom. The number of phenols is 1. The number of hydrogen-bond donors (Lipinski definition) is 2. The number of carbonyl (C=O) groups excluding carboxylic acids is 1. The first-order valence-electron chi connectivity index (χ1n) is 7.27. The first-order chi connectivity index (χ1) is 9.77. The van der Waals surface area contributed by atoms with Crippen molar-refractivity contribution in [1.82, 2.24) is 4.90 Å². The van der Waals surface area contributed by atoms with Crippen molar-refractivity contribution in [3.8, 4) is 5.75 Å². The molecule has 5 nitrogen and oxygen atoms in total. The van der Waals surface area contributed by atoms with Gasteiger partial charge < -0.3 is 20.5 Å². The summed E-state index contributed by atoms with van der Waals surface area (Å²) in [6, 6.07) is 6.21. The van der Waals surface area contributed by atoms with Gasteiger partial charge >= 0.3 is 0 Å². The van der Waals surface area contributed by atoms with Crippen LogP contribution in [0.3, 0.4) is 0 Å². The van der Waals surface area contributed by atoms with Gasteiger partial charge in [-0.15, -0.1) is 0 Å². The molecule has 1 aromatic carbocycles. The minimum atomic E-state index is -0.573. The van der Waals surface area contributed by atoms with Crippen molar-refractivity contribution in [2.75, 3.05) is 13.1 Å². The molecule has 1 saturated heterocycles. The third-order valence-corrected chi connectivity index (χ3v) is 3.59. The van der Waals surface area contributed by atoms with Gasteiger partial charge in [0.1, 0.15) is 5.75 Å². The first-order valence-corrected chi connectivity index (χ1v) is 7.27. The van der Waals surface area contributed by atoms with E-state index >= 15 is 0 Å². The van der Waals surface area contributed by atoms with Crippen LogP contribution in [0, 0.1) is 0 Å². The molecule has 2 atom stereocenters. The Hall–Kier alpha value is -1.59. The van der Waals surface area contributed by atoms with Gasteiger partial charge in [0.15, 0.2) is 0 Å². The molecule has 1 aliphatic heterocycles. The number of aromatic hydroxyl groups is 1. The molecule has 116 valence electrons. The molecule has 1 heterocycles. The van der Waals surface area contributed by atoms with Crippen LogP contribution < -0.4 is 5.73 Å². The minimum Gasteiger partial charge on any atom is -0.508 e. The van der Waals surface area contributed by atoms with Gasteiger partial charge in [-0.1, -0.05) is 12.1 Å². The molecule has 21 heavy (non-hydrogen) atoms. The molecule has 2 unspecified atom stereocenters. The molecule has 0 saturated carbocycles. The standard InChI is InChI=1S/C16H24N2O3/c1-11-9-18(10-16(2,3)21-11)15(20)14(17)8-12-4-6-13(19)7-5-12/h4-7,11,14,19H,8-10,17H2,1-3H3. The molecule has 0 radical (unpaired) electrons. The lowest BCUT2D eigenvalue weighted by atomic mass is 10.0.